The summed E-state index contributed by atoms with van der Waals surface area (Å²) >= 11 is 2.97. The van der Waals surface area contributed by atoms with Crippen molar-refractivity contribution in [2.75, 3.05) is 5.75 Å². The van der Waals surface area contributed by atoms with Crippen LogP contribution >= 0.6 is 23.1 Å². The number of rotatable bonds is 5. The predicted octanol–water partition coefficient (Wildman–Crippen LogP) is 4.49. The first kappa shape index (κ1) is 16.5. The summed E-state index contributed by atoms with van der Waals surface area (Å²) in [5.74, 6) is 0.228. The van der Waals surface area contributed by atoms with Crippen LogP contribution in [0.5, 0.6) is 0 Å². The van der Waals surface area contributed by atoms with E-state index in [1.807, 2.05) is 5.38 Å². The number of carbonyl (C=O) groups excluding carboxylic acids is 1. The van der Waals surface area contributed by atoms with Crippen molar-refractivity contribution in [3.8, 4) is 11.3 Å². The number of benzene rings is 1. The highest BCUT2D eigenvalue weighted by Gasteiger charge is 2.16. The molecule has 1 saturated carbocycles. The monoisotopic (exact) mass is 350 g/mol. The van der Waals surface area contributed by atoms with Gasteiger partial charge >= 0.3 is 0 Å². The van der Waals surface area contributed by atoms with E-state index in [1.165, 1.54) is 54.5 Å². The molecule has 2 aromatic rings. The van der Waals surface area contributed by atoms with Gasteiger partial charge in [0.1, 0.15) is 5.82 Å². The Morgan fingerprint density at radius 1 is 1.26 bits per heavy atom. The molecule has 1 fully saturated rings. The number of nitrogens with one attached hydrogen (secondary N) is 1. The zero-order valence-electron chi connectivity index (χ0n) is 12.8. The van der Waals surface area contributed by atoms with Gasteiger partial charge in [-0.05, 0) is 37.1 Å². The second kappa shape index (κ2) is 7.93. The molecule has 0 atom stereocenters. The van der Waals surface area contributed by atoms with E-state index in [4.69, 9.17) is 0 Å². The smallest absolute Gasteiger partial charge is 0.230 e. The molecule has 3 nitrogen and oxygen atoms in total. The second-order valence-corrected chi connectivity index (χ2v) is 7.78. The maximum atomic E-state index is 12.9. The van der Waals surface area contributed by atoms with Crippen molar-refractivity contribution in [1.82, 2.24) is 10.3 Å². The highest BCUT2D eigenvalue weighted by atomic mass is 32.2. The molecule has 0 unspecified atom stereocenters. The Bertz CT molecular complexity index is 651. The molecule has 23 heavy (non-hydrogen) atoms. The number of amides is 1. The summed E-state index contributed by atoms with van der Waals surface area (Å²) in [5.41, 5.74) is 1.71. The minimum atomic E-state index is -0.252. The third kappa shape index (κ3) is 4.78. The van der Waals surface area contributed by atoms with Gasteiger partial charge in [-0.15, -0.1) is 11.3 Å². The molecule has 1 N–H and O–H groups in total. The normalized spacial score (nSPS) is 15.5. The molecular formula is C17H19FN2OS2. The van der Waals surface area contributed by atoms with Gasteiger partial charge in [-0.2, -0.15) is 0 Å². The molecule has 1 aliphatic rings. The third-order valence-corrected chi connectivity index (χ3v) is 5.94. The van der Waals surface area contributed by atoms with Crippen LogP contribution in [0.25, 0.3) is 11.3 Å². The number of nitrogens with zero attached hydrogens (tertiary/aromatic N) is 1. The summed E-state index contributed by atoms with van der Waals surface area (Å²) < 4.78 is 13.8. The lowest BCUT2D eigenvalue weighted by atomic mass is 9.95. The minimum absolute atomic E-state index is 0.0837. The average molecular weight is 350 g/mol. The predicted molar refractivity (Wildman–Crippen MR) is 93.2 cm³/mol. The minimum Gasteiger partial charge on any atom is -0.353 e. The molecule has 0 saturated heterocycles. The summed E-state index contributed by atoms with van der Waals surface area (Å²) in [7, 11) is 0. The van der Waals surface area contributed by atoms with Gasteiger partial charge in [0.05, 0.1) is 11.4 Å². The maximum absolute atomic E-state index is 12.9. The van der Waals surface area contributed by atoms with E-state index in [1.54, 1.807) is 12.1 Å². The van der Waals surface area contributed by atoms with Gasteiger partial charge in [0.25, 0.3) is 0 Å². The number of hydrogen-bond donors (Lipinski definition) is 1. The molecule has 1 aromatic carbocycles. The van der Waals surface area contributed by atoms with E-state index in [2.05, 4.69) is 10.3 Å². The standard InChI is InChI=1S/C17H19FN2OS2/c18-13-8-6-12(7-9-13)15-10-22-17(20-15)23-11-16(21)19-14-4-2-1-3-5-14/h6-10,14H,1-5,11H2,(H,19,21). The number of hydrogen-bond acceptors (Lipinski definition) is 4. The summed E-state index contributed by atoms with van der Waals surface area (Å²) in [6, 6.07) is 6.64. The fourth-order valence-electron chi connectivity index (χ4n) is 2.72. The lowest BCUT2D eigenvalue weighted by Crippen LogP contribution is -2.37. The van der Waals surface area contributed by atoms with Gasteiger partial charge in [0.15, 0.2) is 4.34 Å². The first-order chi connectivity index (χ1) is 11.2. The van der Waals surface area contributed by atoms with Gasteiger partial charge in [0, 0.05) is 17.0 Å². The van der Waals surface area contributed by atoms with Crippen LogP contribution in [0.15, 0.2) is 34.0 Å². The van der Waals surface area contributed by atoms with Crippen molar-refractivity contribution in [3.05, 3.63) is 35.5 Å². The number of thioether (sulfide) groups is 1. The van der Waals surface area contributed by atoms with Crippen LogP contribution < -0.4 is 5.32 Å². The van der Waals surface area contributed by atoms with Crippen LogP contribution in [0.1, 0.15) is 32.1 Å². The topological polar surface area (TPSA) is 42.0 Å². The molecule has 1 aliphatic carbocycles. The molecule has 1 heterocycles. The number of aromatic nitrogens is 1. The summed E-state index contributed by atoms with van der Waals surface area (Å²) in [6.07, 6.45) is 5.91. The van der Waals surface area contributed by atoms with Crippen LogP contribution in [-0.4, -0.2) is 22.7 Å². The summed E-state index contributed by atoms with van der Waals surface area (Å²) in [6.45, 7) is 0. The molecule has 0 bridgehead atoms. The Hall–Kier alpha value is -1.40. The van der Waals surface area contributed by atoms with Gasteiger partial charge in [-0.1, -0.05) is 31.0 Å². The first-order valence-corrected chi connectivity index (χ1v) is 9.71. The van der Waals surface area contributed by atoms with E-state index in [0.29, 0.717) is 11.8 Å². The van der Waals surface area contributed by atoms with Crippen molar-refractivity contribution < 1.29 is 9.18 Å². The zero-order valence-corrected chi connectivity index (χ0v) is 14.4. The van der Waals surface area contributed by atoms with Crippen LogP contribution in [0.3, 0.4) is 0 Å². The number of thiazole rings is 1. The maximum Gasteiger partial charge on any atom is 0.230 e. The molecule has 1 amide bonds. The van der Waals surface area contributed by atoms with E-state index >= 15 is 0 Å². The molecule has 122 valence electrons. The third-order valence-electron chi connectivity index (χ3n) is 3.92. The number of carbonyl (C=O) groups is 1. The highest BCUT2D eigenvalue weighted by molar-refractivity contribution is 8.01. The number of halogens is 1. The fraction of sp³-hybridized carbons (Fsp3) is 0.412. The lowest BCUT2D eigenvalue weighted by Gasteiger charge is -2.22. The van der Waals surface area contributed by atoms with Crippen LogP contribution in [0.4, 0.5) is 4.39 Å². The zero-order chi connectivity index (χ0) is 16.1. The Labute approximate surface area is 143 Å². The van der Waals surface area contributed by atoms with Crippen molar-refractivity contribution >= 4 is 29.0 Å². The van der Waals surface area contributed by atoms with Crippen molar-refractivity contribution in [2.24, 2.45) is 0 Å². The SMILES string of the molecule is O=C(CSc1nc(-c2ccc(F)cc2)cs1)NC1CCCCC1. The van der Waals surface area contributed by atoms with Crippen LogP contribution in [0, 0.1) is 5.82 Å². The largest absolute Gasteiger partial charge is 0.353 e. The van der Waals surface area contributed by atoms with E-state index in [-0.39, 0.29) is 11.7 Å². The summed E-state index contributed by atoms with van der Waals surface area (Å²) in [4.78, 5) is 16.5. The fourth-order valence-corrected chi connectivity index (χ4v) is 4.37. The van der Waals surface area contributed by atoms with E-state index in [0.717, 1.165) is 28.4 Å². The van der Waals surface area contributed by atoms with Crippen LogP contribution in [0.2, 0.25) is 0 Å². The first-order valence-electron chi connectivity index (χ1n) is 7.84. The molecule has 3 rings (SSSR count). The van der Waals surface area contributed by atoms with Crippen molar-refractivity contribution in [3.63, 3.8) is 0 Å². The van der Waals surface area contributed by atoms with E-state index in [9.17, 15) is 9.18 Å². The Morgan fingerprint density at radius 2 is 2.00 bits per heavy atom. The van der Waals surface area contributed by atoms with Gasteiger partial charge < -0.3 is 5.32 Å². The van der Waals surface area contributed by atoms with Crippen molar-refractivity contribution in [1.29, 1.82) is 0 Å². The molecule has 0 spiro atoms. The van der Waals surface area contributed by atoms with Gasteiger partial charge in [-0.3, -0.25) is 4.79 Å². The molecule has 1 aromatic heterocycles. The van der Waals surface area contributed by atoms with Crippen LogP contribution in [-0.2, 0) is 4.79 Å². The van der Waals surface area contributed by atoms with Gasteiger partial charge in [0.2, 0.25) is 5.91 Å². The Kier molecular flexibility index (Phi) is 5.67. The average Bonchev–Trinajstić information content (AvgIpc) is 3.04. The quantitative estimate of drug-likeness (QED) is 0.808. The lowest BCUT2D eigenvalue weighted by molar-refractivity contribution is -0.119. The second-order valence-electron chi connectivity index (χ2n) is 5.70. The van der Waals surface area contributed by atoms with E-state index < -0.39 is 0 Å². The molecule has 0 aliphatic heterocycles. The van der Waals surface area contributed by atoms with Gasteiger partial charge in [-0.25, -0.2) is 9.37 Å². The molecule has 0 radical (unpaired) electrons. The highest BCUT2D eigenvalue weighted by Crippen LogP contribution is 2.28. The summed E-state index contributed by atoms with van der Waals surface area (Å²) in [5, 5.41) is 5.05. The molecule has 6 heteroatoms. The Morgan fingerprint density at radius 3 is 2.74 bits per heavy atom. The molecular weight excluding hydrogens is 331 g/mol. The Balaban J connectivity index is 1.50. The van der Waals surface area contributed by atoms with Crippen molar-refractivity contribution in [2.45, 2.75) is 42.5 Å².